The lowest BCUT2D eigenvalue weighted by molar-refractivity contribution is -0.116. The summed E-state index contributed by atoms with van der Waals surface area (Å²) >= 11 is 5.95. The van der Waals surface area contributed by atoms with Gasteiger partial charge in [-0.25, -0.2) is 8.42 Å². The van der Waals surface area contributed by atoms with E-state index in [2.05, 4.69) is 19.2 Å². The molecule has 7 heteroatoms. The van der Waals surface area contributed by atoms with Crippen molar-refractivity contribution in [3.63, 3.8) is 0 Å². The van der Waals surface area contributed by atoms with E-state index >= 15 is 0 Å². The van der Waals surface area contributed by atoms with E-state index in [1.165, 1.54) is 28.6 Å². The highest BCUT2D eigenvalue weighted by atomic mass is 35.5. The summed E-state index contributed by atoms with van der Waals surface area (Å²) in [7, 11) is -3.94. The van der Waals surface area contributed by atoms with Crippen LogP contribution in [0, 0.1) is 13.8 Å². The number of amides is 1. The van der Waals surface area contributed by atoms with Crippen molar-refractivity contribution in [3.8, 4) is 0 Å². The number of benzene rings is 3. The van der Waals surface area contributed by atoms with Crippen molar-refractivity contribution in [1.82, 2.24) is 4.31 Å². The molecule has 0 saturated heterocycles. The smallest absolute Gasteiger partial charge is 0.243 e. The third kappa shape index (κ3) is 6.02. The maximum absolute atomic E-state index is 13.5. The lowest BCUT2D eigenvalue weighted by Crippen LogP contribution is -2.38. The predicted molar refractivity (Wildman–Crippen MR) is 134 cm³/mol. The van der Waals surface area contributed by atoms with Crippen molar-refractivity contribution in [1.29, 1.82) is 0 Å². The topological polar surface area (TPSA) is 66.5 Å². The number of carbonyl (C=O) groups excluding carboxylic acids is 1. The first kappa shape index (κ1) is 25.0. The number of sulfonamides is 1. The Morgan fingerprint density at radius 2 is 1.58 bits per heavy atom. The zero-order valence-electron chi connectivity index (χ0n) is 19.3. The van der Waals surface area contributed by atoms with Gasteiger partial charge in [0.15, 0.2) is 0 Å². The number of halogens is 1. The van der Waals surface area contributed by atoms with E-state index in [0.29, 0.717) is 5.02 Å². The van der Waals surface area contributed by atoms with E-state index in [9.17, 15) is 13.2 Å². The van der Waals surface area contributed by atoms with Crippen LogP contribution in [0.2, 0.25) is 5.02 Å². The number of hydrogen-bond donors (Lipinski definition) is 1. The summed E-state index contributed by atoms with van der Waals surface area (Å²) in [6.45, 7) is 7.72. The predicted octanol–water partition coefficient (Wildman–Crippen LogP) is 5.91. The molecule has 1 N–H and O–H groups in total. The van der Waals surface area contributed by atoms with Crippen molar-refractivity contribution >= 4 is 33.2 Å². The highest BCUT2D eigenvalue weighted by Crippen LogP contribution is 2.28. The van der Waals surface area contributed by atoms with Gasteiger partial charge in [0.1, 0.15) is 0 Å². The van der Waals surface area contributed by atoms with Crippen LogP contribution in [0.4, 0.5) is 5.69 Å². The first-order valence-electron chi connectivity index (χ1n) is 10.8. The van der Waals surface area contributed by atoms with Crippen molar-refractivity contribution in [2.45, 2.75) is 45.1 Å². The first-order chi connectivity index (χ1) is 15.6. The fourth-order valence-corrected chi connectivity index (χ4v) is 5.14. The summed E-state index contributed by atoms with van der Waals surface area (Å²) in [4.78, 5) is 13.2. The van der Waals surface area contributed by atoms with Gasteiger partial charge in [-0.2, -0.15) is 4.31 Å². The van der Waals surface area contributed by atoms with Crippen molar-refractivity contribution in [2.24, 2.45) is 0 Å². The number of carbonyl (C=O) groups is 1. The van der Waals surface area contributed by atoms with E-state index in [0.717, 1.165) is 27.9 Å². The van der Waals surface area contributed by atoms with Crippen molar-refractivity contribution in [3.05, 3.63) is 94.0 Å². The number of anilines is 1. The lowest BCUT2D eigenvalue weighted by Gasteiger charge is -2.24. The quantitative estimate of drug-likeness (QED) is 0.432. The van der Waals surface area contributed by atoms with E-state index < -0.39 is 15.9 Å². The van der Waals surface area contributed by atoms with Crippen LogP contribution >= 0.6 is 11.6 Å². The second-order valence-corrected chi connectivity index (χ2v) is 10.8. The minimum atomic E-state index is -3.94. The molecule has 0 atom stereocenters. The molecular weight excluding hydrogens is 456 g/mol. The Hall–Kier alpha value is -2.67. The zero-order valence-corrected chi connectivity index (χ0v) is 20.9. The fraction of sp³-hybridized carbons (Fsp3) is 0.269. The summed E-state index contributed by atoms with van der Waals surface area (Å²) in [5.74, 6) is -0.182. The van der Waals surface area contributed by atoms with Gasteiger partial charge in [-0.1, -0.05) is 67.9 Å². The van der Waals surface area contributed by atoms with Gasteiger partial charge in [0.2, 0.25) is 15.9 Å². The summed E-state index contributed by atoms with van der Waals surface area (Å²) in [6, 6.07) is 19.4. The summed E-state index contributed by atoms with van der Waals surface area (Å²) < 4.78 is 28.2. The van der Waals surface area contributed by atoms with Gasteiger partial charge in [0.25, 0.3) is 0 Å². The lowest BCUT2D eigenvalue weighted by atomic mass is 9.98. The average molecular weight is 485 g/mol. The first-order valence-corrected chi connectivity index (χ1v) is 12.6. The molecule has 0 fully saturated rings. The van der Waals surface area contributed by atoms with Crippen LogP contribution in [0.3, 0.4) is 0 Å². The van der Waals surface area contributed by atoms with Crippen LogP contribution in [0.5, 0.6) is 0 Å². The Kier molecular flexibility index (Phi) is 7.95. The molecule has 0 aliphatic carbocycles. The molecule has 0 unspecified atom stereocenters. The third-order valence-electron chi connectivity index (χ3n) is 5.57. The van der Waals surface area contributed by atoms with Crippen LogP contribution in [0.1, 0.15) is 42.0 Å². The monoisotopic (exact) mass is 484 g/mol. The number of para-hydroxylation sites is 1. The molecule has 5 nitrogen and oxygen atoms in total. The zero-order chi connectivity index (χ0) is 24.2. The molecule has 0 aliphatic rings. The average Bonchev–Trinajstić information content (AvgIpc) is 2.76. The van der Waals surface area contributed by atoms with E-state index in [1.54, 1.807) is 0 Å². The SMILES string of the molecule is Cc1ccccc1CN(CC(=O)Nc1c(C)cccc1C(C)C)S(=O)(=O)c1ccc(Cl)cc1. The van der Waals surface area contributed by atoms with E-state index in [-0.39, 0.29) is 23.9 Å². The van der Waals surface area contributed by atoms with Gasteiger partial charge in [0.05, 0.1) is 11.4 Å². The Labute approximate surface area is 201 Å². The number of aryl methyl sites for hydroxylation is 2. The van der Waals surface area contributed by atoms with E-state index in [4.69, 9.17) is 11.6 Å². The second-order valence-electron chi connectivity index (χ2n) is 8.40. The summed E-state index contributed by atoms with van der Waals surface area (Å²) in [5.41, 5.74) is 4.46. The van der Waals surface area contributed by atoms with Crippen LogP contribution in [0.25, 0.3) is 0 Å². The molecular formula is C26H29ClN2O3S. The van der Waals surface area contributed by atoms with Gasteiger partial charge < -0.3 is 5.32 Å². The molecule has 1 amide bonds. The third-order valence-corrected chi connectivity index (χ3v) is 7.63. The van der Waals surface area contributed by atoms with Crippen molar-refractivity contribution < 1.29 is 13.2 Å². The minimum Gasteiger partial charge on any atom is -0.324 e. The Bertz CT molecular complexity index is 1240. The molecule has 0 aliphatic heterocycles. The molecule has 0 heterocycles. The van der Waals surface area contributed by atoms with Gasteiger partial charge >= 0.3 is 0 Å². The van der Waals surface area contributed by atoms with E-state index in [1.807, 2.05) is 56.3 Å². The van der Waals surface area contributed by atoms with Gasteiger partial charge in [0, 0.05) is 17.3 Å². The van der Waals surface area contributed by atoms with Crippen LogP contribution in [0.15, 0.2) is 71.6 Å². The molecule has 0 saturated carbocycles. The fourth-order valence-electron chi connectivity index (χ4n) is 3.64. The van der Waals surface area contributed by atoms with Crippen LogP contribution in [-0.2, 0) is 21.4 Å². The summed E-state index contributed by atoms with van der Waals surface area (Å²) in [6.07, 6.45) is 0. The standard InChI is InChI=1S/C26H29ClN2O3S/c1-18(2)24-11-7-9-20(4)26(24)28-25(30)17-29(16-21-10-6-5-8-19(21)3)33(31,32)23-14-12-22(27)13-15-23/h5-15,18H,16-17H2,1-4H3,(H,28,30). The molecule has 33 heavy (non-hydrogen) atoms. The number of rotatable bonds is 8. The van der Waals surface area contributed by atoms with Crippen LogP contribution in [-0.4, -0.2) is 25.2 Å². The maximum atomic E-state index is 13.5. The molecule has 0 bridgehead atoms. The molecule has 0 spiro atoms. The minimum absolute atomic E-state index is 0.0792. The molecule has 174 valence electrons. The van der Waals surface area contributed by atoms with Gasteiger partial charge in [-0.3, -0.25) is 4.79 Å². The molecule has 0 aromatic heterocycles. The highest BCUT2D eigenvalue weighted by molar-refractivity contribution is 7.89. The molecule has 3 aromatic rings. The number of hydrogen-bond acceptors (Lipinski definition) is 3. The van der Waals surface area contributed by atoms with Crippen LogP contribution < -0.4 is 5.32 Å². The molecule has 3 aromatic carbocycles. The molecule has 3 rings (SSSR count). The second kappa shape index (κ2) is 10.5. The number of nitrogens with zero attached hydrogens (tertiary/aromatic N) is 1. The Morgan fingerprint density at radius 3 is 2.21 bits per heavy atom. The Morgan fingerprint density at radius 1 is 0.939 bits per heavy atom. The largest absolute Gasteiger partial charge is 0.324 e. The van der Waals surface area contributed by atoms with Crippen molar-refractivity contribution in [2.75, 3.05) is 11.9 Å². The highest BCUT2D eigenvalue weighted by Gasteiger charge is 2.28. The van der Waals surface area contributed by atoms with Gasteiger partial charge in [-0.05, 0) is 66.3 Å². The summed E-state index contributed by atoms with van der Waals surface area (Å²) in [5, 5.41) is 3.40. The normalized spacial score (nSPS) is 11.7. The Balaban J connectivity index is 1.94. The number of nitrogens with one attached hydrogen (secondary N) is 1. The maximum Gasteiger partial charge on any atom is 0.243 e. The van der Waals surface area contributed by atoms with Gasteiger partial charge in [-0.15, -0.1) is 0 Å². The molecule has 0 radical (unpaired) electrons.